The van der Waals surface area contributed by atoms with Crippen molar-refractivity contribution in [1.82, 2.24) is 9.97 Å². The zero-order chi connectivity index (χ0) is 9.42. The van der Waals surface area contributed by atoms with Crippen molar-refractivity contribution in [3.05, 3.63) is 33.0 Å². The van der Waals surface area contributed by atoms with E-state index < -0.39 is 0 Å². The molecular weight excluding hydrogens is 275 g/mol. The highest BCUT2D eigenvalue weighted by Gasteiger charge is 2.06. The van der Waals surface area contributed by atoms with Gasteiger partial charge in [-0.1, -0.05) is 23.2 Å². The molecule has 0 radical (unpaired) electrons. The van der Waals surface area contributed by atoms with Crippen LogP contribution in [-0.2, 0) is 0 Å². The summed E-state index contributed by atoms with van der Waals surface area (Å²) in [5.74, 6) is 0. The predicted octanol–water partition coefficient (Wildman–Crippen LogP) is 3.70. The Morgan fingerprint density at radius 2 is 2.00 bits per heavy atom. The molecule has 0 aromatic carbocycles. The number of hydrogen-bond acceptors (Lipinski definition) is 2. The lowest BCUT2D eigenvalue weighted by Gasteiger charge is -2.00. The average molecular weight is 278 g/mol. The molecule has 5 heteroatoms. The smallest absolute Gasteiger partial charge is 0.131 e. The molecule has 2 nitrogen and oxygen atoms in total. The highest BCUT2D eigenvalue weighted by Crippen LogP contribution is 2.27. The van der Waals surface area contributed by atoms with E-state index in [4.69, 9.17) is 23.2 Å². The van der Waals surface area contributed by atoms with Gasteiger partial charge >= 0.3 is 0 Å². The number of pyridine rings is 2. The lowest BCUT2D eigenvalue weighted by atomic mass is 10.3. The third-order valence-electron chi connectivity index (χ3n) is 1.57. The molecule has 0 saturated heterocycles. The van der Waals surface area contributed by atoms with E-state index in [1.807, 2.05) is 0 Å². The van der Waals surface area contributed by atoms with Crippen LogP contribution in [-0.4, -0.2) is 9.97 Å². The van der Waals surface area contributed by atoms with E-state index in [1.165, 1.54) is 0 Å². The van der Waals surface area contributed by atoms with Crippen molar-refractivity contribution in [3.63, 3.8) is 0 Å². The average Bonchev–Trinajstić information content (AvgIpc) is 2.07. The van der Waals surface area contributed by atoms with Gasteiger partial charge < -0.3 is 0 Å². The number of rotatable bonds is 0. The second kappa shape index (κ2) is 3.40. The number of hydrogen-bond donors (Lipinski definition) is 0. The molecule has 0 bridgehead atoms. The van der Waals surface area contributed by atoms with E-state index in [2.05, 4.69) is 25.9 Å². The summed E-state index contributed by atoms with van der Waals surface area (Å²) < 4.78 is 0.835. The lowest BCUT2D eigenvalue weighted by molar-refractivity contribution is 1.32. The monoisotopic (exact) mass is 276 g/mol. The van der Waals surface area contributed by atoms with Crippen LogP contribution in [0.1, 0.15) is 0 Å². The van der Waals surface area contributed by atoms with Gasteiger partial charge in [-0.05, 0) is 28.1 Å². The van der Waals surface area contributed by atoms with Gasteiger partial charge in [0.2, 0.25) is 0 Å². The largest absolute Gasteiger partial charge is 0.253 e. The van der Waals surface area contributed by atoms with Crippen LogP contribution in [0.15, 0.2) is 22.8 Å². The molecule has 0 aliphatic rings. The summed E-state index contributed by atoms with van der Waals surface area (Å²) in [7, 11) is 0. The molecule has 0 aliphatic heterocycles. The van der Waals surface area contributed by atoms with Gasteiger partial charge in [0.05, 0.1) is 5.02 Å². The molecule has 0 spiro atoms. The molecule has 0 saturated carbocycles. The van der Waals surface area contributed by atoms with E-state index in [0.717, 1.165) is 4.47 Å². The molecule has 0 fully saturated rings. The fraction of sp³-hybridized carbons (Fsp3) is 0. The first kappa shape index (κ1) is 9.19. The molecule has 2 aromatic rings. The van der Waals surface area contributed by atoms with Crippen molar-refractivity contribution in [3.8, 4) is 0 Å². The number of nitrogens with zero attached hydrogens (tertiary/aromatic N) is 2. The Kier molecular flexibility index (Phi) is 2.41. The van der Waals surface area contributed by atoms with E-state index in [1.54, 1.807) is 18.3 Å². The first-order chi connectivity index (χ1) is 6.18. The summed E-state index contributed by atoms with van der Waals surface area (Å²) >= 11 is 15.0. The number of fused-ring (bicyclic) bond motifs is 1. The molecule has 66 valence electrons. The van der Waals surface area contributed by atoms with Crippen LogP contribution >= 0.6 is 39.1 Å². The zero-order valence-electron chi connectivity index (χ0n) is 6.26. The van der Waals surface area contributed by atoms with Gasteiger partial charge in [0.1, 0.15) is 16.2 Å². The summed E-state index contributed by atoms with van der Waals surface area (Å²) in [5, 5.41) is 0.877. The first-order valence-electron chi connectivity index (χ1n) is 3.45. The summed E-state index contributed by atoms with van der Waals surface area (Å²) in [6.07, 6.45) is 1.66. The molecule has 2 rings (SSSR count). The maximum Gasteiger partial charge on any atom is 0.131 e. The molecule has 0 N–H and O–H groups in total. The molecule has 0 amide bonds. The van der Waals surface area contributed by atoms with Crippen LogP contribution < -0.4 is 0 Å². The Morgan fingerprint density at radius 3 is 2.77 bits per heavy atom. The van der Waals surface area contributed by atoms with Crippen LogP contribution in [0.3, 0.4) is 0 Å². The Balaban J connectivity index is 2.94. The third-order valence-corrected chi connectivity index (χ3v) is 2.69. The topological polar surface area (TPSA) is 25.8 Å². The minimum Gasteiger partial charge on any atom is -0.253 e. The minimum absolute atomic E-state index is 0.367. The van der Waals surface area contributed by atoms with E-state index in [0.29, 0.717) is 21.2 Å². The summed E-state index contributed by atoms with van der Waals surface area (Å²) in [5.41, 5.74) is 1.33. The maximum absolute atomic E-state index is 5.93. The molecule has 2 heterocycles. The Labute approximate surface area is 93.0 Å². The second-order valence-corrected chi connectivity index (χ2v) is 4.07. The summed E-state index contributed by atoms with van der Waals surface area (Å²) in [6, 6.07) is 3.37. The van der Waals surface area contributed by atoms with Gasteiger partial charge in [-0.25, -0.2) is 4.98 Å². The van der Waals surface area contributed by atoms with Gasteiger partial charge in [-0.15, -0.1) is 0 Å². The van der Waals surface area contributed by atoms with Gasteiger partial charge in [-0.3, -0.25) is 4.98 Å². The van der Waals surface area contributed by atoms with Gasteiger partial charge in [0.15, 0.2) is 0 Å². The SMILES string of the molecule is Clc1cc(Cl)c2nccc(Br)c2n1. The van der Waals surface area contributed by atoms with Crippen LogP contribution in [0.25, 0.3) is 11.0 Å². The van der Waals surface area contributed by atoms with Crippen LogP contribution in [0.5, 0.6) is 0 Å². The number of halogens is 3. The molecule has 0 unspecified atom stereocenters. The van der Waals surface area contributed by atoms with Gasteiger partial charge in [0.25, 0.3) is 0 Å². The lowest BCUT2D eigenvalue weighted by Crippen LogP contribution is -1.85. The van der Waals surface area contributed by atoms with E-state index in [9.17, 15) is 0 Å². The van der Waals surface area contributed by atoms with Gasteiger partial charge in [0, 0.05) is 10.7 Å². The van der Waals surface area contributed by atoms with E-state index >= 15 is 0 Å². The molecular formula is C8H3BrCl2N2. The molecule has 2 aromatic heterocycles. The normalized spacial score (nSPS) is 10.7. The zero-order valence-corrected chi connectivity index (χ0v) is 9.36. The van der Waals surface area contributed by atoms with Crippen molar-refractivity contribution in [2.45, 2.75) is 0 Å². The Bertz CT molecular complexity index is 473. The summed E-state index contributed by atoms with van der Waals surface area (Å²) in [6.45, 7) is 0. The fourth-order valence-corrected chi connectivity index (χ4v) is 1.91. The molecule has 13 heavy (non-hydrogen) atoms. The Hall–Kier alpha value is -0.380. The third kappa shape index (κ3) is 1.64. The Morgan fingerprint density at radius 1 is 1.23 bits per heavy atom. The van der Waals surface area contributed by atoms with Crippen molar-refractivity contribution < 1.29 is 0 Å². The fourth-order valence-electron chi connectivity index (χ4n) is 1.02. The van der Waals surface area contributed by atoms with Gasteiger partial charge in [-0.2, -0.15) is 0 Å². The van der Waals surface area contributed by atoms with Crippen molar-refractivity contribution >= 4 is 50.2 Å². The van der Waals surface area contributed by atoms with Crippen molar-refractivity contribution in [1.29, 1.82) is 0 Å². The van der Waals surface area contributed by atoms with Crippen molar-refractivity contribution in [2.75, 3.05) is 0 Å². The molecule has 0 aliphatic carbocycles. The standard InChI is InChI=1S/C8H3BrCl2N2/c9-4-1-2-12-8-5(10)3-6(11)13-7(4)8/h1-3H. The number of aromatic nitrogens is 2. The summed E-state index contributed by atoms with van der Waals surface area (Å²) in [4.78, 5) is 8.21. The van der Waals surface area contributed by atoms with Crippen LogP contribution in [0.4, 0.5) is 0 Å². The highest BCUT2D eigenvalue weighted by molar-refractivity contribution is 9.10. The highest BCUT2D eigenvalue weighted by atomic mass is 79.9. The van der Waals surface area contributed by atoms with Crippen LogP contribution in [0, 0.1) is 0 Å². The maximum atomic E-state index is 5.93. The second-order valence-electron chi connectivity index (χ2n) is 2.42. The first-order valence-corrected chi connectivity index (χ1v) is 4.99. The van der Waals surface area contributed by atoms with E-state index in [-0.39, 0.29) is 0 Å². The predicted molar refractivity (Wildman–Crippen MR) is 57.3 cm³/mol. The van der Waals surface area contributed by atoms with Crippen molar-refractivity contribution in [2.24, 2.45) is 0 Å². The minimum atomic E-state index is 0.367. The van der Waals surface area contributed by atoms with Crippen LogP contribution in [0.2, 0.25) is 10.2 Å². The molecule has 0 atom stereocenters. The quantitative estimate of drug-likeness (QED) is 0.686.